The van der Waals surface area contributed by atoms with Crippen LogP contribution in [-0.4, -0.2) is 13.1 Å². The lowest BCUT2D eigenvalue weighted by Crippen LogP contribution is -2.20. The number of rotatable bonds is 3. The highest BCUT2D eigenvalue weighted by atomic mass is 15.1. The van der Waals surface area contributed by atoms with Gasteiger partial charge in [-0.25, -0.2) is 0 Å². The van der Waals surface area contributed by atoms with Gasteiger partial charge in [-0.1, -0.05) is 49.4 Å². The molecule has 0 atom stereocenters. The molecule has 1 heteroatoms. The van der Waals surface area contributed by atoms with Crippen molar-refractivity contribution in [2.45, 2.75) is 19.8 Å². The van der Waals surface area contributed by atoms with Gasteiger partial charge in [0, 0.05) is 18.8 Å². The quantitative estimate of drug-likeness (QED) is 0.776. The molecule has 1 aliphatic heterocycles. The van der Waals surface area contributed by atoms with E-state index in [2.05, 4.69) is 60.4 Å². The molecule has 1 nitrogen and oxygen atoms in total. The molecule has 0 saturated heterocycles. The Morgan fingerprint density at radius 1 is 1.00 bits per heavy atom. The fraction of sp³-hybridized carbons (Fsp3) is 0.294. The number of nitrogens with zero attached hydrogens (tertiary/aromatic N) is 1. The largest absolute Gasteiger partial charge is 0.371 e. The first-order valence-corrected chi connectivity index (χ1v) is 6.82. The van der Waals surface area contributed by atoms with Gasteiger partial charge in [-0.3, -0.25) is 0 Å². The van der Waals surface area contributed by atoms with Gasteiger partial charge < -0.3 is 4.90 Å². The lowest BCUT2D eigenvalue weighted by atomic mass is 10.0. The van der Waals surface area contributed by atoms with E-state index in [4.69, 9.17) is 0 Å². The average Bonchev–Trinajstić information content (AvgIpc) is 2.83. The fourth-order valence-electron chi connectivity index (χ4n) is 2.76. The first kappa shape index (κ1) is 11.3. The van der Waals surface area contributed by atoms with Crippen molar-refractivity contribution >= 4 is 5.69 Å². The number of anilines is 1. The van der Waals surface area contributed by atoms with Crippen molar-refractivity contribution < 1.29 is 0 Å². The summed E-state index contributed by atoms with van der Waals surface area (Å²) in [7, 11) is 0. The van der Waals surface area contributed by atoms with Crippen molar-refractivity contribution in [3.05, 3.63) is 54.1 Å². The first-order valence-electron chi connectivity index (χ1n) is 6.82. The number of hydrogen-bond donors (Lipinski definition) is 0. The van der Waals surface area contributed by atoms with E-state index in [-0.39, 0.29) is 0 Å². The van der Waals surface area contributed by atoms with E-state index in [0.717, 1.165) is 0 Å². The molecule has 0 amide bonds. The van der Waals surface area contributed by atoms with E-state index >= 15 is 0 Å². The minimum atomic E-state index is 1.17. The van der Waals surface area contributed by atoms with Gasteiger partial charge in [0.25, 0.3) is 0 Å². The van der Waals surface area contributed by atoms with E-state index in [1.54, 1.807) is 0 Å². The van der Waals surface area contributed by atoms with Gasteiger partial charge in [0.2, 0.25) is 0 Å². The standard InChI is InChI=1S/C17H19N/c1-2-11-18-12-10-15-8-9-16(13-17(15)18)14-6-4-3-5-7-14/h3-9,13H,2,10-12H2,1H3. The number of hydrogen-bond acceptors (Lipinski definition) is 1. The maximum Gasteiger partial charge on any atom is 0.0405 e. The summed E-state index contributed by atoms with van der Waals surface area (Å²) in [6.07, 6.45) is 2.42. The molecule has 2 aromatic carbocycles. The van der Waals surface area contributed by atoms with Crippen LogP contribution in [-0.2, 0) is 6.42 Å². The van der Waals surface area contributed by atoms with Crippen molar-refractivity contribution in [2.75, 3.05) is 18.0 Å². The summed E-state index contributed by atoms with van der Waals surface area (Å²) < 4.78 is 0. The van der Waals surface area contributed by atoms with Crippen LogP contribution in [0.2, 0.25) is 0 Å². The Bertz CT molecular complexity index is 529. The van der Waals surface area contributed by atoms with Crippen LogP contribution in [0.3, 0.4) is 0 Å². The zero-order chi connectivity index (χ0) is 12.4. The molecule has 3 rings (SSSR count). The Balaban J connectivity index is 1.98. The summed E-state index contributed by atoms with van der Waals surface area (Å²) in [5.74, 6) is 0. The van der Waals surface area contributed by atoms with Crippen LogP contribution < -0.4 is 4.90 Å². The highest BCUT2D eigenvalue weighted by Gasteiger charge is 2.18. The molecular weight excluding hydrogens is 218 g/mol. The van der Waals surface area contributed by atoms with Gasteiger partial charge in [-0.05, 0) is 35.6 Å². The Hall–Kier alpha value is -1.76. The zero-order valence-corrected chi connectivity index (χ0v) is 10.9. The molecule has 0 spiro atoms. The van der Waals surface area contributed by atoms with Crippen LogP contribution >= 0.6 is 0 Å². The second-order valence-electron chi connectivity index (χ2n) is 4.95. The molecule has 0 fully saturated rings. The molecule has 0 aromatic heterocycles. The van der Waals surface area contributed by atoms with Crippen molar-refractivity contribution in [2.24, 2.45) is 0 Å². The third-order valence-electron chi connectivity index (χ3n) is 3.68. The highest BCUT2D eigenvalue weighted by Crippen LogP contribution is 2.32. The van der Waals surface area contributed by atoms with E-state index in [1.807, 2.05) is 0 Å². The smallest absolute Gasteiger partial charge is 0.0405 e. The lowest BCUT2D eigenvalue weighted by Gasteiger charge is -2.19. The molecule has 18 heavy (non-hydrogen) atoms. The van der Waals surface area contributed by atoms with Crippen LogP contribution in [0.1, 0.15) is 18.9 Å². The zero-order valence-electron chi connectivity index (χ0n) is 10.9. The summed E-state index contributed by atoms with van der Waals surface area (Å²) in [5, 5.41) is 0. The predicted octanol–water partition coefficient (Wildman–Crippen LogP) is 4.13. The van der Waals surface area contributed by atoms with E-state index in [0.29, 0.717) is 0 Å². The molecule has 0 unspecified atom stereocenters. The maximum absolute atomic E-state index is 2.52. The number of benzene rings is 2. The van der Waals surface area contributed by atoms with Crippen molar-refractivity contribution in [1.29, 1.82) is 0 Å². The SMILES string of the molecule is CCCN1CCc2ccc(-c3ccccc3)cc21. The molecule has 0 saturated carbocycles. The molecule has 2 aromatic rings. The second-order valence-corrected chi connectivity index (χ2v) is 4.95. The summed E-state index contributed by atoms with van der Waals surface area (Å²) in [6, 6.07) is 17.5. The maximum atomic E-state index is 2.52. The first-order chi connectivity index (χ1) is 8.88. The molecule has 92 valence electrons. The Morgan fingerprint density at radius 2 is 1.83 bits per heavy atom. The van der Waals surface area contributed by atoms with Crippen LogP contribution in [0.5, 0.6) is 0 Å². The van der Waals surface area contributed by atoms with Crippen molar-refractivity contribution in [3.63, 3.8) is 0 Å². The number of fused-ring (bicyclic) bond motifs is 1. The van der Waals surface area contributed by atoms with Crippen molar-refractivity contribution in [3.8, 4) is 11.1 Å². The van der Waals surface area contributed by atoms with Crippen LogP contribution in [0.15, 0.2) is 48.5 Å². The van der Waals surface area contributed by atoms with Gasteiger partial charge in [-0.15, -0.1) is 0 Å². The third kappa shape index (κ3) is 2.01. The summed E-state index contributed by atoms with van der Waals surface area (Å²) in [6.45, 7) is 4.60. The Labute approximate surface area is 109 Å². The van der Waals surface area contributed by atoms with E-state index < -0.39 is 0 Å². The normalized spacial score (nSPS) is 13.7. The van der Waals surface area contributed by atoms with E-state index in [9.17, 15) is 0 Å². The highest BCUT2D eigenvalue weighted by molar-refractivity contribution is 5.72. The third-order valence-corrected chi connectivity index (χ3v) is 3.68. The van der Waals surface area contributed by atoms with Gasteiger partial charge >= 0.3 is 0 Å². The Kier molecular flexibility index (Phi) is 3.06. The second kappa shape index (κ2) is 4.85. The minimum absolute atomic E-state index is 1.17. The van der Waals surface area contributed by atoms with Gasteiger partial charge in [0.1, 0.15) is 0 Å². The van der Waals surface area contributed by atoms with Gasteiger partial charge in [0.05, 0.1) is 0 Å². The summed E-state index contributed by atoms with van der Waals surface area (Å²) >= 11 is 0. The van der Waals surface area contributed by atoms with Gasteiger partial charge in [-0.2, -0.15) is 0 Å². The molecule has 0 radical (unpaired) electrons. The molecule has 0 N–H and O–H groups in total. The minimum Gasteiger partial charge on any atom is -0.371 e. The predicted molar refractivity (Wildman–Crippen MR) is 78.1 cm³/mol. The van der Waals surface area contributed by atoms with E-state index in [1.165, 1.54) is 48.3 Å². The lowest BCUT2D eigenvalue weighted by molar-refractivity contribution is 0.797. The van der Waals surface area contributed by atoms with Crippen LogP contribution in [0.4, 0.5) is 5.69 Å². The Morgan fingerprint density at radius 3 is 2.61 bits per heavy atom. The molecule has 0 bridgehead atoms. The van der Waals surface area contributed by atoms with Crippen LogP contribution in [0, 0.1) is 0 Å². The molecule has 1 heterocycles. The molecule has 1 aliphatic rings. The average molecular weight is 237 g/mol. The summed E-state index contributed by atoms with van der Waals surface area (Å²) in [5.41, 5.74) is 5.59. The fourth-order valence-corrected chi connectivity index (χ4v) is 2.76. The van der Waals surface area contributed by atoms with Crippen LogP contribution in [0.25, 0.3) is 11.1 Å². The molecule has 0 aliphatic carbocycles. The summed E-state index contributed by atoms with van der Waals surface area (Å²) in [4.78, 5) is 2.52. The monoisotopic (exact) mass is 237 g/mol. The topological polar surface area (TPSA) is 3.24 Å². The molecular formula is C17H19N. The van der Waals surface area contributed by atoms with Crippen molar-refractivity contribution in [1.82, 2.24) is 0 Å². The van der Waals surface area contributed by atoms with Gasteiger partial charge in [0.15, 0.2) is 0 Å².